The van der Waals surface area contributed by atoms with Crippen LogP contribution in [0.15, 0.2) is 53.7 Å². The van der Waals surface area contributed by atoms with Crippen molar-refractivity contribution in [3.05, 3.63) is 65.1 Å². The predicted molar refractivity (Wildman–Crippen MR) is 122 cm³/mol. The number of halogens is 4. The molecule has 0 saturated heterocycles. The molecule has 34 heavy (non-hydrogen) atoms. The van der Waals surface area contributed by atoms with Crippen LogP contribution in [0.2, 0.25) is 5.02 Å². The molecule has 4 aromatic rings. The van der Waals surface area contributed by atoms with Gasteiger partial charge in [-0.25, -0.2) is 23.1 Å². The lowest BCUT2D eigenvalue weighted by Crippen LogP contribution is -2.13. The fourth-order valence-electron chi connectivity index (χ4n) is 3.56. The van der Waals surface area contributed by atoms with E-state index < -0.39 is 21.9 Å². The number of fused-ring (bicyclic) bond motifs is 1. The summed E-state index contributed by atoms with van der Waals surface area (Å²) in [7, 11) is -4.10. The number of pyridine rings is 1. The molecule has 7 nitrogen and oxygen atoms in total. The van der Waals surface area contributed by atoms with E-state index in [1.165, 1.54) is 41.0 Å². The number of imidazole rings is 1. The lowest BCUT2D eigenvalue weighted by molar-refractivity contribution is -0.140. The highest BCUT2D eigenvalue weighted by Gasteiger charge is 2.35. The number of nitrogens with two attached hydrogens (primary N) is 1. The smallest absolute Gasteiger partial charge is 0.251 e. The second-order valence-corrected chi connectivity index (χ2v) is 9.55. The molecule has 0 aliphatic heterocycles. The number of primary sulfonamides is 1. The number of sulfonamides is 1. The van der Waals surface area contributed by atoms with Gasteiger partial charge in [-0.2, -0.15) is 18.3 Å². The Morgan fingerprint density at radius 2 is 1.91 bits per heavy atom. The zero-order valence-corrected chi connectivity index (χ0v) is 19.4. The average Bonchev–Trinajstić information content (AvgIpc) is 3.20. The molecule has 1 aromatic carbocycles. The van der Waals surface area contributed by atoms with Crippen LogP contribution in [0.25, 0.3) is 28.2 Å². The minimum Gasteiger partial charge on any atom is -0.251 e. The van der Waals surface area contributed by atoms with E-state index in [0.29, 0.717) is 28.9 Å². The molecule has 0 saturated carbocycles. The van der Waals surface area contributed by atoms with Gasteiger partial charge >= 0.3 is 6.18 Å². The summed E-state index contributed by atoms with van der Waals surface area (Å²) in [6, 6.07) is 8.70. The largest absolute Gasteiger partial charge is 0.434 e. The van der Waals surface area contributed by atoms with Crippen molar-refractivity contribution in [1.29, 1.82) is 0 Å². The third-order valence-electron chi connectivity index (χ3n) is 5.19. The molecule has 0 amide bonds. The quantitative estimate of drug-likeness (QED) is 0.388. The summed E-state index contributed by atoms with van der Waals surface area (Å²) >= 11 is 6.31. The first-order chi connectivity index (χ1) is 16.0. The Balaban J connectivity index is 1.84. The van der Waals surface area contributed by atoms with E-state index in [2.05, 4.69) is 15.1 Å². The van der Waals surface area contributed by atoms with Gasteiger partial charge in [0.1, 0.15) is 4.90 Å². The van der Waals surface area contributed by atoms with Gasteiger partial charge in [-0.05, 0) is 54.8 Å². The minimum atomic E-state index is -4.64. The summed E-state index contributed by atoms with van der Waals surface area (Å²) in [5, 5.41) is 9.70. The number of hydrogen-bond donors (Lipinski definition) is 1. The van der Waals surface area contributed by atoms with Gasteiger partial charge in [0.25, 0.3) is 0 Å². The number of benzene rings is 1. The molecule has 12 heteroatoms. The van der Waals surface area contributed by atoms with Crippen molar-refractivity contribution in [2.45, 2.75) is 37.3 Å². The summed E-state index contributed by atoms with van der Waals surface area (Å²) < 4.78 is 65.7. The molecular formula is C22H19ClF3N5O2S. The maximum absolute atomic E-state index is 13.4. The van der Waals surface area contributed by atoms with E-state index in [1.54, 1.807) is 6.07 Å². The van der Waals surface area contributed by atoms with Crippen LogP contribution in [-0.4, -0.2) is 28.0 Å². The summed E-state index contributed by atoms with van der Waals surface area (Å²) in [5.74, 6) is 0. The Bertz CT molecular complexity index is 1490. The van der Waals surface area contributed by atoms with E-state index in [0.717, 1.165) is 19.0 Å². The molecule has 0 bridgehead atoms. The normalized spacial score (nSPS) is 12.4. The first kappa shape index (κ1) is 24.1. The number of nitrogens with zero attached hydrogens (tertiary/aromatic N) is 4. The van der Waals surface area contributed by atoms with Gasteiger partial charge in [-0.1, -0.05) is 24.9 Å². The highest BCUT2D eigenvalue weighted by molar-refractivity contribution is 7.89. The van der Waals surface area contributed by atoms with Gasteiger partial charge in [0.05, 0.1) is 22.6 Å². The number of rotatable bonds is 6. The summed E-state index contributed by atoms with van der Waals surface area (Å²) in [6.07, 6.45) is 0.136. The highest BCUT2D eigenvalue weighted by Crippen LogP contribution is 2.35. The zero-order chi connectivity index (χ0) is 24.7. The maximum atomic E-state index is 13.4. The zero-order valence-electron chi connectivity index (χ0n) is 17.8. The lowest BCUT2D eigenvalue weighted by atomic mass is 10.0. The molecule has 3 heterocycles. The van der Waals surface area contributed by atoms with Crippen LogP contribution in [0.3, 0.4) is 0 Å². The van der Waals surface area contributed by atoms with E-state index in [1.807, 2.05) is 6.92 Å². The topological polar surface area (TPSA) is 103 Å². The van der Waals surface area contributed by atoms with E-state index >= 15 is 0 Å². The second kappa shape index (κ2) is 8.97. The van der Waals surface area contributed by atoms with Crippen LogP contribution in [-0.2, 0) is 22.6 Å². The van der Waals surface area contributed by atoms with Crippen LogP contribution in [0.4, 0.5) is 13.2 Å². The minimum absolute atomic E-state index is 0.0573. The van der Waals surface area contributed by atoms with E-state index in [-0.39, 0.29) is 21.2 Å². The molecule has 0 radical (unpaired) electrons. The van der Waals surface area contributed by atoms with Crippen LogP contribution >= 0.6 is 11.6 Å². The molecule has 4 rings (SSSR count). The van der Waals surface area contributed by atoms with Crippen molar-refractivity contribution in [3.8, 4) is 22.5 Å². The molecule has 0 aliphatic carbocycles. The van der Waals surface area contributed by atoms with Crippen LogP contribution in [0.5, 0.6) is 0 Å². The standard InChI is InChI=1S/C22H19ClF3N5O2S/c1-2-3-5-13-10-14(11-18(20(13)23)34(27,32)33)17-12-31-19(29-17)8-7-16(30-31)15-6-4-9-28-21(15)22(24,25)26/h4,6-12H,2-3,5H2,1H3,(H2,27,32,33). The molecule has 0 spiro atoms. The molecule has 2 N–H and O–H groups in total. The Morgan fingerprint density at radius 1 is 1.15 bits per heavy atom. The Hall–Kier alpha value is -3.02. The van der Waals surface area contributed by atoms with Crippen molar-refractivity contribution in [2.24, 2.45) is 5.14 Å². The highest BCUT2D eigenvalue weighted by atomic mass is 35.5. The lowest BCUT2D eigenvalue weighted by Gasteiger charge is -2.11. The van der Waals surface area contributed by atoms with Crippen LogP contribution in [0, 0.1) is 0 Å². The molecule has 3 aromatic heterocycles. The first-order valence-corrected chi connectivity index (χ1v) is 12.2. The van der Waals surface area contributed by atoms with Gasteiger partial charge in [0, 0.05) is 17.3 Å². The fourth-order valence-corrected chi connectivity index (χ4v) is 4.76. The number of alkyl halides is 3. The van der Waals surface area contributed by atoms with Crippen molar-refractivity contribution in [3.63, 3.8) is 0 Å². The molecule has 0 unspecified atom stereocenters. The molecule has 0 aliphatic rings. The van der Waals surface area contributed by atoms with Gasteiger partial charge in [-0.3, -0.25) is 4.98 Å². The molecule has 0 atom stereocenters. The number of aromatic nitrogens is 4. The van der Waals surface area contributed by atoms with E-state index in [4.69, 9.17) is 16.7 Å². The Morgan fingerprint density at radius 3 is 2.59 bits per heavy atom. The second-order valence-electron chi connectivity index (χ2n) is 7.64. The Kier molecular flexibility index (Phi) is 6.36. The van der Waals surface area contributed by atoms with Crippen molar-refractivity contribution in [2.75, 3.05) is 0 Å². The monoisotopic (exact) mass is 509 g/mol. The van der Waals surface area contributed by atoms with Crippen molar-refractivity contribution in [1.82, 2.24) is 19.6 Å². The number of hydrogen-bond acceptors (Lipinski definition) is 5. The van der Waals surface area contributed by atoms with Crippen LogP contribution < -0.4 is 5.14 Å². The SMILES string of the molecule is CCCCc1cc(-c2cn3nc(-c4cccnc4C(F)(F)F)ccc3n2)cc(S(N)(=O)=O)c1Cl. The number of unbranched alkanes of at least 4 members (excludes halogenated alkanes) is 1. The average molecular weight is 510 g/mol. The molecule has 178 valence electrons. The Labute approximate surface area is 198 Å². The van der Waals surface area contributed by atoms with Crippen molar-refractivity contribution >= 4 is 27.3 Å². The predicted octanol–water partition coefficient (Wildman–Crippen LogP) is 5.12. The summed E-state index contributed by atoms with van der Waals surface area (Å²) in [5.41, 5.74) is 0.631. The van der Waals surface area contributed by atoms with Gasteiger partial charge in [0.15, 0.2) is 11.3 Å². The fraction of sp³-hybridized carbons (Fsp3) is 0.227. The molecule has 0 fully saturated rings. The maximum Gasteiger partial charge on any atom is 0.434 e. The van der Waals surface area contributed by atoms with Gasteiger partial charge in [0.2, 0.25) is 10.0 Å². The molecular weight excluding hydrogens is 491 g/mol. The summed E-state index contributed by atoms with van der Waals surface area (Å²) in [6.45, 7) is 2.00. The number of aryl methyl sites for hydroxylation is 1. The van der Waals surface area contributed by atoms with E-state index in [9.17, 15) is 21.6 Å². The van der Waals surface area contributed by atoms with Crippen molar-refractivity contribution < 1.29 is 21.6 Å². The first-order valence-electron chi connectivity index (χ1n) is 10.2. The van der Waals surface area contributed by atoms with Gasteiger partial charge in [-0.15, -0.1) is 0 Å². The third-order valence-corrected chi connectivity index (χ3v) is 6.68. The van der Waals surface area contributed by atoms with Crippen LogP contribution in [0.1, 0.15) is 31.0 Å². The third kappa shape index (κ3) is 4.77. The summed E-state index contributed by atoms with van der Waals surface area (Å²) in [4.78, 5) is 7.70. The van der Waals surface area contributed by atoms with Gasteiger partial charge < -0.3 is 0 Å².